The average Bonchev–Trinajstić information content (AvgIpc) is 2.33. The number of hydrogen-bond acceptors (Lipinski definition) is 8. The third kappa shape index (κ3) is 8.33. The molecule has 0 radical (unpaired) electrons. The summed E-state index contributed by atoms with van der Waals surface area (Å²) in [6, 6.07) is 0. The molecule has 10 nitrogen and oxygen atoms in total. The SMILES string of the molecule is O=C(O)CCC(=O)OC(=O)C(=O)OC(=O)CCC(=O)O. The highest BCUT2D eigenvalue weighted by Gasteiger charge is 2.24. The van der Waals surface area contributed by atoms with Crippen molar-refractivity contribution in [2.24, 2.45) is 0 Å². The van der Waals surface area contributed by atoms with Gasteiger partial charge in [0.05, 0.1) is 25.7 Å². The molecule has 0 rings (SSSR count). The van der Waals surface area contributed by atoms with Gasteiger partial charge in [-0.3, -0.25) is 19.2 Å². The minimum absolute atomic E-state index is 0.599. The van der Waals surface area contributed by atoms with Gasteiger partial charge in [0, 0.05) is 0 Å². The van der Waals surface area contributed by atoms with Gasteiger partial charge in [-0.15, -0.1) is 0 Å². The number of carbonyl (C=O) groups is 6. The van der Waals surface area contributed by atoms with Gasteiger partial charge in [0.15, 0.2) is 0 Å². The first-order valence-corrected chi connectivity index (χ1v) is 5.15. The Morgan fingerprint density at radius 3 is 1.15 bits per heavy atom. The molecule has 0 spiro atoms. The molecular formula is C10H10O10. The Morgan fingerprint density at radius 1 is 0.600 bits per heavy atom. The summed E-state index contributed by atoms with van der Waals surface area (Å²) in [5.74, 6) is -8.73. The quantitative estimate of drug-likeness (QED) is 0.347. The molecule has 0 amide bonds. The lowest BCUT2D eigenvalue weighted by atomic mass is 10.3. The molecule has 0 atom stereocenters. The predicted molar refractivity (Wildman–Crippen MR) is 55.9 cm³/mol. The number of rotatable bonds is 6. The van der Waals surface area contributed by atoms with Crippen LogP contribution in [0.15, 0.2) is 0 Å². The Bertz CT molecular complexity index is 407. The van der Waals surface area contributed by atoms with E-state index in [0.717, 1.165) is 0 Å². The van der Waals surface area contributed by atoms with E-state index in [9.17, 15) is 28.8 Å². The van der Waals surface area contributed by atoms with Crippen LogP contribution in [0.3, 0.4) is 0 Å². The minimum atomic E-state index is -1.79. The fourth-order valence-electron chi connectivity index (χ4n) is 0.810. The highest BCUT2D eigenvalue weighted by atomic mass is 16.6. The molecule has 0 aromatic rings. The van der Waals surface area contributed by atoms with E-state index in [1.165, 1.54) is 0 Å². The van der Waals surface area contributed by atoms with Crippen LogP contribution < -0.4 is 0 Å². The van der Waals surface area contributed by atoms with Gasteiger partial charge < -0.3 is 19.7 Å². The lowest BCUT2D eigenvalue weighted by Gasteiger charge is -2.02. The van der Waals surface area contributed by atoms with Crippen LogP contribution in [0.2, 0.25) is 0 Å². The molecule has 0 fully saturated rings. The molecule has 0 saturated heterocycles. The van der Waals surface area contributed by atoms with Crippen LogP contribution in [0, 0.1) is 0 Å². The maximum atomic E-state index is 10.9. The van der Waals surface area contributed by atoms with Gasteiger partial charge in [-0.2, -0.15) is 0 Å². The first kappa shape index (κ1) is 17.2. The van der Waals surface area contributed by atoms with Crippen molar-refractivity contribution in [3.8, 4) is 0 Å². The van der Waals surface area contributed by atoms with Crippen molar-refractivity contribution in [2.45, 2.75) is 25.7 Å². The Labute approximate surface area is 111 Å². The van der Waals surface area contributed by atoms with Crippen LogP contribution in [-0.4, -0.2) is 46.0 Å². The van der Waals surface area contributed by atoms with E-state index >= 15 is 0 Å². The monoisotopic (exact) mass is 290 g/mol. The molecule has 2 N–H and O–H groups in total. The molecule has 0 bridgehead atoms. The van der Waals surface area contributed by atoms with Crippen molar-refractivity contribution in [3.63, 3.8) is 0 Å². The van der Waals surface area contributed by atoms with E-state index in [1.807, 2.05) is 0 Å². The normalized spacial score (nSPS) is 9.40. The molecule has 0 heterocycles. The Balaban J connectivity index is 4.12. The van der Waals surface area contributed by atoms with Crippen molar-refractivity contribution in [1.29, 1.82) is 0 Å². The zero-order valence-electron chi connectivity index (χ0n) is 9.99. The minimum Gasteiger partial charge on any atom is -0.481 e. The summed E-state index contributed by atoms with van der Waals surface area (Å²) < 4.78 is 7.81. The molecule has 0 unspecified atom stereocenters. The van der Waals surface area contributed by atoms with Gasteiger partial charge in [-0.1, -0.05) is 0 Å². The average molecular weight is 290 g/mol. The largest absolute Gasteiger partial charge is 0.481 e. The van der Waals surface area contributed by atoms with Crippen molar-refractivity contribution in [1.82, 2.24) is 0 Å². The summed E-state index contributed by atoms with van der Waals surface area (Å²) >= 11 is 0. The summed E-state index contributed by atoms with van der Waals surface area (Å²) in [4.78, 5) is 63.9. The first-order valence-electron chi connectivity index (χ1n) is 5.15. The summed E-state index contributed by atoms with van der Waals surface area (Å²) in [7, 11) is 0. The van der Waals surface area contributed by atoms with E-state index in [1.54, 1.807) is 0 Å². The highest BCUT2D eigenvalue weighted by Crippen LogP contribution is 1.97. The molecular weight excluding hydrogens is 280 g/mol. The van der Waals surface area contributed by atoms with Gasteiger partial charge in [0.25, 0.3) is 0 Å². The second-order valence-electron chi connectivity index (χ2n) is 3.31. The van der Waals surface area contributed by atoms with Crippen LogP contribution in [-0.2, 0) is 38.2 Å². The standard InChI is InChI=1S/C10H10O10/c11-5(12)1-3-7(15)19-9(17)10(18)20-8(16)4-2-6(13)14/h1-4H2,(H,11,12)(H,13,14). The first-order chi connectivity index (χ1) is 9.22. The molecule has 0 saturated carbocycles. The maximum Gasteiger partial charge on any atom is 0.425 e. The van der Waals surface area contributed by atoms with Gasteiger partial charge in [0.2, 0.25) is 0 Å². The number of hydrogen-bond donors (Lipinski definition) is 2. The van der Waals surface area contributed by atoms with E-state index in [-0.39, 0.29) is 0 Å². The predicted octanol–water partition coefficient (Wildman–Crippen LogP) is -1.14. The zero-order valence-corrected chi connectivity index (χ0v) is 9.99. The molecule has 0 aromatic heterocycles. The van der Waals surface area contributed by atoms with E-state index < -0.39 is 61.5 Å². The fraction of sp³-hybridized carbons (Fsp3) is 0.400. The molecule has 20 heavy (non-hydrogen) atoms. The Hall–Kier alpha value is -2.78. The lowest BCUT2D eigenvalue weighted by Crippen LogP contribution is -2.26. The number of aliphatic carboxylic acids is 2. The van der Waals surface area contributed by atoms with Gasteiger partial charge in [-0.25, -0.2) is 9.59 Å². The topological polar surface area (TPSA) is 161 Å². The number of ether oxygens (including phenoxy) is 2. The molecule has 0 aliphatic carbocycles. The summed E-state index contributed by atoms with van der Waals surface area (Å²) in [5.41, 5.74) is 0. The van der Waals surface area contributed by atoms with Crippen LogP contribution in [0.4, 0.5) is 0 Å². The summed E-state index contributed by atoms with van der Waals surface area (Å²) in [6.45, 7) is 0. The van der Waals surface area contributed by atoms with E-state index in [2.05, 4.69) is 9.47 Å². The second-order valence-corrected chi connectivity index (χ2v) is 3.31. The van der Waals surface area contributed by atoms with E-state index in [0.29, 0.717) is 0 Å². The van der Waals surface area contributed by atoms with Crippen molar-refractivity contribution >= 4 is 35.8 Å². The zero-order chi connectivity index (χ0) is 15.7. The van der Waals surface area contributed by atoms with Crippen molar-refractivity contribution in [2.75, 3.05) is 0 Å². The van der Waals surface area contributed by atoms with Gasteiger partial charge >= 0.3 is 35.8 Å². The van der Waals surface area contributed by atoms with Crippen molar-refractivity contribution in [3.05, 3.63) is 0 Å². The molecule has 0 aliphatic rings. The van der Waals surface area contributed by atoms with Gasteiger partial charge in [0.1, 0.15) is 0 Å². The van der Waals surface area contributed by atoms with Crippen LogP contribution in [0.25, 0.3) is 0 Å². The second kappa shape index (κ2) is 8.34. The number of carboxylic acids is 2. The molecule has 110 valence electrons. The fourth-order valence-corrected chi connectivity index (χ4v) is 0.810. The summed E-state index contributed by atoms with van der Waals surface area (Å²) in [5, 5.41) is 16.5. The Kier molecular flexibility index (Phi) is 7.18. The summed E-state index contributed by atoms with van der Waals surface area (Å²) in [6.07, 6.45) is -2.47. The number of esters is 4. The van der Waals surface area contributed by atoms with Crippen molar-refractivity contribution < 1.29 is 48.5 Å². The molecule has 0 aromatic carbocycles. The van der Waals surface area contributed by atoms with Crippen LogP contribution >= 0.6 is 0 Å². The number of carbonyl (C=O) groups excluding carboxylic acids is 4. The molecule has 0 aliphatic heterocycles. The van der Waals surface area contributed by atoms with Crippen LogP contribution in [0.1, 0.15) is 25.7 Å². The lowest BCUT2D eigenvalue weighted by molar-refractivity contribution is -0.177. The highest BCUT2D eigenvalue weighted by molar-refractivity contribution is 6.33. The molecule has 10 heteroatoms. The third-order valence-electron chi connectivity index (χ3n) is 1.67. The maximum absolute atomic E-state index is 10.9. The van der Waals surface area contributed by atoms with E-state index in [4.69, 9.17) is 10.2 Å². The van der Waals surface area contributed by atoms with Gasteiger partial charge in [-0.05, 0) is 0 Å². The third-order valence-corrected chi connectivity index (χ3v) is 1.67. The van der Waals surface area contributed by atoms with Crippen LogP contribution in [0.5, 0.6) is 0 Å². The smallest absolute Gasteiger partial charge is 0.425 e. The Morgan fingerprint density at radius 2 is 0.900 bits per heavy atom. The number of carboxylic acid groups (broad SMARTS) is 2.